The van der Waals surface area contributed by atoms with E-state index in [1.807, 2.05) is 14.0 Å². The third-order valence-electron chi connectivity index (χ3n) is 5.53. The van der Waals surface area contributed by atoms with Gasteiger partial charge in [-0.25, -0.2) is 0 Å². The van der Waals surface area contributed by atoms with Crippen LogP contribution in [-0.2, 0) is 22.6 Å². The molecule has 0 bridgehead atoms. The predicted octanol–water partition coefficient (Wildman–Crippen LogP) is 4.49. The first-order valence-electron chi connectivity index (χ1n) is 10.4. The Morgan fingerprint density at radius 3 is 2.36 bits per heavy atom. The quantitative estimate of drug-likeness (QED) is 0.202. The first kappa shape index (κ1) is 25.2. The standard InChI is InChI=1S/C22H37N3O2.HI/c1-4-26-15-14-22(12-8-9-13-22)18-25-21(23-3)24-16-19-10-6-7-11-20(19)17-27-5-2;/h6-7,10-11H,4-5,8-9,12-18H2,1-3H3,(H2,23,24,25);1H. The lowest BCUT2D eigenvalue weighted by molar-refractivity contribution is 0.105. The van der Waals surface area contributed by atoms with Crippen molar-refractivity contribution >= 4 is 29.9 Å². The van der Waals surface area contributed by atoms with E-state index < -0.39 is 0 Å². The molecule has 0 aliphatic heterocycles. The molecule has 6 heteroatoms. The first-order chi connectivity index (χ1) is 13.2. The van der Waals surface area contributed by atoms with Crippen LogP contribution in [0.4, 0.5) is 0 Å². The van der Waals surface area contributed by atoms with Gasteiger partial charge in [0.2, 0.25) is 0 Å². The van der Waals surface area contributed by atoms with E-state index >= 15 is 0 Å². The van der Waals surface area contributed by atoms with Gasteiger partial charge in [0.15, 0.2) is 5.96 Å². The zero-order valence-corrected chi connectivity index (χ0v) is 20.1. The van der Waals surface area contributed by atoms with E-state index in [9.17, 15) is 0 Å². The van der Waals surface area contributed by atoms with Crippen LogP contribution in [0.3, 0.4) is 0 Å². The molecular weight excluding hydrogens is 465 g/mol. The monoisotopic (exact) mass is 503 g/mol. The smallest absolute Gasteiger partial charge is 0.191 e. The summed E-state index contributed by atoms with van der Waals surface area (Å²) in [5.41, 5.74) is 2.83. The third kappa shape index (κ3) is 8.25. The fourth-order valence-electron chi connectivity index (χ4n) is 3.83. The minimum absolute atomic E-state index is 0. The van der Waals surface area contributed by atoms with Crippen molar-refractivity contribution in [2.45, 2.75) is 59.1 Å². The lowest BCUT2D eigenvalue weighted by Crippen LogP contribution is -2.43. The second-order valence-corrected chi connectivity index (χ2v) is 7.34. The number of ether oxygens (including phenoxy) is 2. The van der Waals surface area contributed by atoms with Crippen LogP contribution in [0.5, 0.6) is 0 Å². The highest BCUT2D eigenvalue weighted by atomic mass is 127. The van der Waals surface area contributed by atoms with Gasteiger partial charge in [-0.3, -0.25) is 4.99 Å². The molecule has 2 N–H and O–H groups in total. The number of nitrogens with one attached hydrogen (secondary N) is 2. The molecule has 0 radical (unpaired) electrons. The van der Waals surface area contributed by atoms with Crippen molar-refractivity contribution in [1.82, 2.24) is 10.6 Å². The summed E-state index contributed by atoms with van der Waals surface area (Å²) < 4.78 is 11.2. The highest BCUT2D eigenvalue weighted by Gasteiger charge is 2.33. The van der Waals surface area contributed by atoms with Crippen LogP contribution >= 0.6 is 24.0 Å². The molecule has 1 aliphatic carbocycles. The zero-order chi connectivity index (χ0) is 19.4. The predicted molar refractivity (Wildman–Crippen MR) is 127 cm³/mol. The molecule has 0 unspecified atom stereocenters. The lowest BCUT2D eigenvalue weighted by Gasteiger charge is -2.30. The van der Waals surface area contributed by atoms with Gasteiger partial charge in [0.05, 0.1) is 6.61 Å². The van der Waals surface area contributed by atoms with Gasteiger partial charge in [0.25, 0.3) is 0 Å². The summed E-state index contributed by atoms with van der Waals surface area (Å²) in [6.07, 6.45) is 6.33. The summed E-state index contributed by atoms with van der Waals surface area (Å²) in [4.78, 5) is 4.42. The minimum Gasteiger partial charge on any atom is -0.382 e. The van der Waals surface area contributed by atoms with Crippen molar-refractivity contribution in [3.63, 3.8) is 0 Å². The first-order valence-corrected chi connectivity index (χ1v) is 10.4. The van der Waals surface area contributed by atoms with Crippen LogP contribution in [0, 0.1) is 5.41 Å². The van der Waals surface area contributed by atoms with Gasteiger partial charge in [-0.1, -0.05) is 37.1 Å². The number of rotatable bonds is 11. The number of hydrogen-bond acceptors (Lipinski definition) is 3. The Bertz CT molecular complexity index is 575. The Kier molecular flexibility index (Phi) is 12.7. The van der Waals surface area contributed by atoms with Crippen molar-refractivity contribution < 1.29 is 9.47 Å². The van der Waals surface area contributed by atoms with Crippen LogP contribution in [0.1, 0.15) is 57.1 Å². The third-order valence-corrected chi connectivity index (χ3v) is 5.53. The summed E-state index contributed by atoms with van der Waals surface area (Å²) in [5.74, 6) is 0.865. The summed E-state index contributed by atoms with van der Waals surface area (Å²) in [6, 6.07) is 8.41. The molecule has 0 atom stereocenters. The molecule has 0 spiro atoms. The fraction of sp³-hybridized carbons (Fsp3) is 0.682. The Morgan fingerprint density at radius 2 is 1.71 bits per heavy atom. The number of guanidine groups is 1. The van der Waals surface area contributed by atoms with Gasteiger partial charge in [0, 0.05) is 40.0 Å². The maximum absolute atomic E-state index is 5.62. The maximum Gasteiger partial charge on any atom is 0.191 e. The molecule has 1 aromatic carbocycles. The maximum atomic E-state index is 5.62. The molecule has 0 saturated heterocycles. The summed E-state index contributed by atoms with van der Waals surface area (Å²) in [7, 11) is 1.84. The van der Waals surface area contributed by atoms with Crippen LogP contribution in [0.25, 0.3) is 0 Å². The molecule has 2 rings (SSSR count). The summed E-state index contributed by atoms with van der Waals surface area (Å²) >= 11 is 0. The van der Waals surface area contributed by atoms with E-state index in [0.29, 0.717) is 12.0 Å². The topological polar surface area (TPSA) is 54.9 Å². The second-order valence-electron chi connectivity index (χ2n) is 7.34. The van der Waals surface area contributed by atoms with Gasteiger partial charge in [-0.15, -0.1) is 24.0 Å². The van der Waals surface area contributed by atoms with Gasteiger partial charge in [0.1, 0.15) is 0 Å². The summed E-state index contributed by atoms with van der Waals surface area (Å²) in [6.45, 7) is 8.83. The number of nitrogens with zero attached hydrogens (tertiary/aromatic N) is 1. The average Bonchev–Trinajstić information content (AvgIpc) is 3.16. The molecule has 1 aliphatic rings. The van der Waals surface area contributed by atoms with Crippen molar-refractivity contribution in [2.75, 3.05) is 33.4 Å². The van der Waals surface area contributed by atoms with Gasteiger partial charge < -0.3 is 20.1 Å². The number of aliphatic imine (C=N–C) groups is 1. The van der Waals surface area contributed by atoms with E-state index in [1.165, 1.54) is 36.8 Å². The van der Waals surface area contributed by atoms with Crippen LogP contribution in [0.15, 0.2) is 29.3 Å². The molecule has 1 aromatic rings. The summed E-state index contributed by atoms with van der Waals surface area (Å²) in [5, 5.41) is 7.03. The zero-order valence-electron chi connectivity index (χ0n) is 17.8. The second kappa shape index (κ2) is 14.2. The molecular formula is C22H38IN3O2. The van der Waals surface area contributed by atoms with Gasteiger partial charge in [-0.05, 0) is 49.7 Å². The molecule has 1 fully saturated rings. The highest BCUT2D eigenvalue weighted by Crippen LogP contribution is 2.40. The SMILES string of the molecule is CCOCCC1(CNC(=NC)NCc2ccccc2COCC)CCCC1.I. The fourth-order valence-corrected chi connectivity index (χ4v) is 3.83. The van der Waals surface area contributed by atoms with E-state index in [4.69, 9.17) is 9.47 Å². The molecule has 1 saturated carbocycles. The van der Waals surface area contributed by atoms with E-state index in [2.05, 4.69) is 46.8 Å². The average molecular weight is 503 g/mol. The van der Waals surface area contributed by atoms with Crippen LogP contribution in [0.2, 0.25) is 0 Å². The molecule has 0 amide bonds. The Morgan fingerprint density at radius 1 is 1.04 bits per heavy atom. The molecule has 5 nitrogen and oxygen atoms in total. The Hall–Kier alpha value is -0.860. The number of benzene rings is 1. The van der Waals surface area contributed by atoms with Gasteiger partial charge >= 0.3 is 0 Å². The molecule has 28 heavy (non-hydrogen) atoms. The lowest BCUT2D eigenvalue weighted by atomic mass is 9.83. The van der Waals surface area contributed by atoms with Crippen molar-refractivity contribution in [3.05, 3.63) is 35.4 Å². The van der Waals surface area contributed by atoms with Crippen molar-refractivity contribution in [3.8, 4) is 0 Å². The van der Waals surface area contributed by atoms with Crippen molar-refractivity contribution in [2.24, 2.45) is 10.4 Å². The largest absolute Gasteiger partial charge is 0.382 e. The Labute approximate surface area is 188 Å². The van der Waals surface area contributed by atoms with E-state index in [0.717, 1.165) is 45.3 Å². The molecule has 0 aromatic heterocycles. The van der Waals surface area contributed by atoms with Crippen LogP contribution < -0.4 is 10.6 Å². The van der Waals surface area contributed by atoms with Crippen molar-refractivity contribution in [1.29, 1.82) is 0 Å². The number of halogens is 1. The van der Waals surface area contributed by atoms with E-state index in [1.54, 1.807) is 0 Å². The number of hydrogen-bond donors (Lipinski definition) is 2. The van der Waals surface area contributed by atoms with Crippen LogP contribution in [-0.4, -0.2) is 39.4 Å². The normalized spacial score (nSPS) is 15.9. The Balaban J connectivity index is 0.00000392. The minimum atomic E-state index is 0. The molecule has 160 valence electrons. The highest BCUT2D eigenvalue weighted by molar-refractivity contribution is 14.0. The molecule has 0 heterocycles. The van der Waals surface area contributed by atoms with Gasteiger partial charge in [-0.2, -0.15) is 0 Å². The van der Waals surface area contributed by atoms with E-state index in [-0.39, 0.29) is 24.0 Å².